The SMILES string of the molecule is Cc1nc(-c2cccc(NC(=O)CN3CCOC4(C/C=C/Cc5ccccc5OCCNC4=O)C3)c2)cs1. The van der Waals surface area contributed by atoms with Gasteiger partial charge in [0.05, 0.1) is 30.4 Å². The van der Waals surface area contributed by atoms with Gasteiger partial charge in [0.25, 0.3) is 5.91 Å². The van der Waals surface area contributed by atoms with Crippen LogP contribution in [-0.2, 0) is 20.7 Å². The average molecular weight is 533 g/mol. The summed E-state index contributed by atoms with van der Waals surface area (Å²) in [5.74, 6) is 0.513. The molecule has 3 heterocycles. The predicted molar refractivity (Wildman–Crippen MR) is 148 cm³/mol. The van der Waals surface area contributed by atoms with Crippen molar-refractivity contribution in [3.8, 4) is 17.0 Å². The van der Waals surface area contributed by atoms with Gasteiger partial charge in [0, 0.05) is 36.1 Å². The molecule has 198 valence electrons. The molecule has 2 N–H and O–H groups in total. The second kappa shape index (κ2) is 11.9. The number of ether oxygens (including phenoxy) is 2. The number of fused-ring (bicyclic) bond motifs is 1. The number of carbonyl (C=O) groups is 2. The molecule has 0 bridgehead atoms. The molecule has 1 fully saturated rings. The van der Waals surface area contributed by atoms with Crippen LogP contribution in [0.2, 0.25) is 0 Å². The first-order valence-corrected chi connectivity index (χ1v) is 13.7. The van der Waals surface area contributed by atoms with Gasteiger partial charge >= 0.3 is 0 Å². The molecule has 2 aliphatic heterocycles. The molecular weight excluding hydrogens is 500 g/mol. The zero-order chi connectivity index (χ0) is 26.4. The van der Waals surface area contributed by atoms with Crippen molar-refractivity contribution >= 4 is 28.8 Å². The van der Waals surface area contributed by atoms with E-state index in [1.54, 1.807) is 11.3 Å². The molecule has 0 saturated carbocycles. The highest BCUT2D eigenvalue weighted by molar-refractivity contribution is 7.09. The summed E-state index contributed by atoms with van der Waals surface area (Å²) in [5, 5.41) is 8.98. The van der Waals surface area contributed by atoms with Gasteiger partial charge in [-0.3, -0.25) is 14.5 Å². The number of amides is 2. The topological polar surface area (TPSA) is 92.8 Å². The van der Waals surface area contributed by atoms with E-state index in [1.807, 2.05) is 77.9 Å². The average Bonchev–Trinajstić information content (AvgIpc) is 3.35. The lowest BCUT2D eigenvalue weighted by Crippen LogP contribution is -2.60. The Morgan fingerprint density at radius 1 is 1.18 bits per heavy atom. The van der Waals surface area contributed by atoms with E-state index in [2.05, 4.69) is 15.6 Å². The molecule has 0 radical (unpaired) electrons. The number of aromatic nitrogens is 1. The molecule has 1 atom stereocenters. The summed E-state index contributed by atoms with van der Waals surface area (Å²) in [6.45, 7) is 4.14. The lowest BCUT2D eigenvalue weighted by Gasteiger charge is -2.41. The van der Waals surface area contributed by atoms with E-state index < -0.39 is 5.60 Å². The minimum absolute atomic E-state index is 0.136. The molecule has 0 aliphatic carbocycles. The standard InChI is InChI=1S/C29H32N4O4S/c1-21-31-25(19-38-21)23-9-6-10-24(17-23)32-27(34)18-33-14-16-37-29(20-33)12-5-4-8-22-7-2-3-11-26(22)36-15-13-30-28(29)35/h2-7,9-11,17,19H,8,12-16,18,20H2,1H3,(H,30,35)(H,32,34)/b5-4+. The lowest BCUT2D eigenvalue weighted by molar-refractivity contribution is -0.160. The monoisotopic (exact) mass is 532 g/mol. The van der Waals surface area contributed by atoms with Crippen molar-refractivity contribution < 1.29 is 19.1 Å². The smallest absolute Gasteiger partial charge is 0.254 e. The Morgan fingerprint density at radius 3 is 2.95 bits per heavy atom. The van der Waals surface area contributed by atoms with Crippen LogP contribution in [-0.4, -0.2) is 66.7 Å². The largest absolute Gasteiger partial charge is 0.491 e. The van der Waals surface area contributed by atoms with E-state index in [-0.39, 0.29) is 18.4 Å². The van der Waals surface area contributed by atoms with Gasteiger partial charge in [-0.05, 0) is 37.1 Å². The number of morpholine rings is 1. The molecule has 1 unspecified atom stereocenters. The normalized spacial score (nSPS) is 21.3. The van der Waals surface area contributed by atoms with Crippen molar-refractivity contribution in [1.82, 2.24) is 15.2 Å². The van der Waals surface area contributed by atoms with E-state index >= 15 is 0 Å². The van der Waals surface area contributed by atoms with E-state index in [9.17, 15) is 9.59 Å². The zero-order valence-electron chi connectivity index (χ0n) is 21.4. The number of nitrogens with one attached hydrogen (secondary N) is 2. The van der Waals surface area contributed by atoms with Crippen LogP contribution in [0.1, 0.15) is 17.0 Å². The van der Waals surface area contributed by atoms with Crippen LogP contribution in [0.25, 0.3) is 11.3 Å². The maximum atomic E-state index is 13.3. The summed E-state index contributed by atoms with van der Waals surface area (Å²) >= 11 is 1.60. The third-order valence-corrected chi connectivity index (χ3v) is 7.45. The van der Waals surface area contributed by atoms with Gasteiger partial charge in [-0.25, -0.2) is 4.98 Å². The van der Waals surface area contributed by atoms with Crippen LogP contribution in [0.5, 0.6) is 5.75 Å². The Morgan fingerprint density at radius 2 is 2.08 bits per heavy atom. The van der Waals surface area contributed by atoms with E-state index in [1.165, 1.54) is 0 Å². The maximum absolute atomic E-state index is 13.3. The fourth-order valence-corrected chi connectivity index (χ4v) is 5.41. The summed E-state index contributed by atoms with van der Waals surface area (Å²) in [5.41, 5.74) is 2.61. The third-order valence-electron chi connectivity index (χ3n) is 6.68. The zero-order valence-corrected chi connectivity index (χ0v) is 22.3. The first kappa shape index (κ1) is 26.1. The van der Waals surface area contributed by atoms with E-state index in [0.29, 0.717) is 51.4 Å². The summed E-state index contributed by atoms with van der Waals surface area (Å²) in [6.07, 6.45) is 5.17. The summed E-state index contributed by atoms with van der Waals surface area (Å²) in [4.78, 5) is 32.8. The molecule has 2 aliphatic rings. The van der Waals surface area contributed by atoms with Gasteiger partial charge in [0.15, 0.2) is 5.60 Å². The second-order valence-corrected chi connectivity index (χ2v) is 10.6. The maximum Gasteiger partial charge on any atom is 0.254 e. The number of allylic oxidation sites excluding steroid dienone is 1. The van der Waals surface area contributed by atoms with Gasteiger partial charge in [0.2, 0.25) is 5.91 Å². The molecule has 1 aromatic heterocycles. The Labute approximate surface area is 226 Å². The van der Waals surface area contributed by atoms with Crippen LogP contribution >= 0.6 is 11.3 Å². The number of aryl methyl sites for hydroxylation is 1. The van der Waals surface area contributed by atoms with E-state index in [4.69, 9.17) is 9.47 Å². The number of hydrogen-bond donors (Lipinski definition) is 2. The number of carbonyl (C=O) groups excluding carboxylic acids is 2. The highest BCUT2D eigenvalue weighted by atomic mass is 32.1. The fraction of sp³-hybridized carbons (Fsp3) is 0.345. The summed E-state index contributed by atoms with van der Waals surface area (Å²) in [6, 6.07) is 15.6. The van der Waals surface area contributed by atoms with Crippen LogP contribution in [0.15, 0.2) is 66.1 Å². The van der Waals surface area contributed by atoms with Crippen molar-refractivity contribution in [2.24, 2.45) is 0 Å². The molecule has 38 heavy (non-hydrogen) atoms. The van der Waals surface area contributed by atoms with E-state index in [0.717, 1.165) is 27.6 Å². The van der Waals surface area contributed by atoms with Crippen LogP contribution in [0.4, 0.5) is 5.69 Å². The Balaban J connectivity index is 1.24. The number of rotatable bonds is 4. The van der Waals surface area contributed by atoms with Gasteiger partial charge in [-0.15, -0.1) is 11.3 Å². The fourth-order valence-electron chi connectivity index (χ4n) is 4.78. The number of thiazole rings is 1. The molecule has 2 aromatic carbocycles. The first-order chi connectivity index (χ1) is 18.5. The Hall–Kier alpha value is -3.53. The molecule has 5 rings (SSSR count). The highest BCUT2D eigenvalue weighted by Crippen LogP contribution is 2.26. The van der Waals surface area contributed by atoms with Crippen LogP contribution in [0, 0.1) is 6.92 Å². The molecule has 2 amide bonds. The molecule has 3 aromatic rings. The van der Waals surface area contributed by atoms with Gasteiger partial charge in [-0.2, -0.15) is 0 Å². The highest BCUT2D eigenvalue weighted by Gasteiger charge is 2.43. The molecule has 1 saturated heterocycles. The van der Waals surface area contributed by atoms with Crippen molar-refractivity contribution in [3.63, 3.8) is 0 Å². The number of benzene rings is 2. The molecule has 8 nitrogen and oxygen atoms in total. The van der Waals surface area contributed by atoms with Crippen molar-refractivity contribution in [2.75, 3.05) is 44.7 Å². The third kappa shape index (κ3) is 6.30. The number of anilines is 1. The van der Waals surface area contributed by atoms with Crippen LogP contribution < -0.4 is 15.4 Å². The molecule has 9 heteroatoms. The van der Waals surface area contributed by atoms with Crippen LogP contribution in [0.3, 0.4) is 0 Å². The number of para-hydroxylation sites is 1. The quantitative estimate of drug-likeness (QED) is 0.497. The number of hydrogen-bond acceptors (Lipinski definition) is 7. The summed E-state index contributed by atoms with van der Waals surface area (Å²) in [7, 11) is 0. The molecule has 1 spiro atoms. The minimum atomic E-state index is -1.06. The number of nitrogens with zero attached hydrogens (tertiary/aromatic N) is 2. The minimum Gasteiger partial charge on any atom is -0.491 e. The Kier molecular flexibility index (Phi) is 8.17. The Bertz CT molecular complexity index is 1320. The van der Waals surface area contributed by atoms with Crippen molar-refractivity contribution in [3.05, 3.63) is 76.6 Å². The summed E-state index contributed by atoms with van der Waals surface area (Å²) < 4.78 is 12.0. The lowest BCUT2D eigenvalue weighted by atomic mass is 9.94. The second-order valence-electron chi connectivity index (χ2n) is 9.53. The van der Waals surface area contributed by atoms with Crippen molar-refractivity contribution in [1.29, 1.82) is 0 Å². The van der Waals surface area contributed by atoms with Crippen molar-refractivity contribution in [2.45, 2.75) is 25.4 Å². The predicted octanol–water partition coefficient (Wildman–Crippen LogP) is 3.83. The molecular formula is C29H32N4O4S. The first-order valence-electron chi connectivity index (χ1n) is 12.8. The van der Waals surface area contributed by atoms with Gasteiger partial charge < -0.3 is 20.1 Å². The van der Waals surface area contributed by atoms with Gasteiger partial charge in [0.1, 0.15) is 12.4 Å². The van der Waals surface area contributed by atoms with Gasteiger partial charge in [-0.1, -0.05) is 42.5 Å².